The summed E-state index contributed by atoms with van der Waals surface area (Å²) in [6.45, 7) is 4.06. The van der Waals surface area contributed by atoms with Crippen LogP contribution < -0.4 is 4.89 Å². The number of allylic oxidation sites excluding steroid dienone is 18. The molecule has 0 saturated heterocycles. The summed E-state index contributed by atoms with van der Waals surface area (Å²) in [5.74, 6) is -0.889. The van der Waals surface area contributed by atoms with Crippen molar-refractivity contribution in [2.75, 3.05) is 47.5 Å². The lowest BCUT2D eigenvalue weighted by Crippen LogP contribution is -2.37. The molecule has 0 amide bonds. The van der Waals surface area contributed by atoms with Crippen molar-refractivity contribution < 1.29 is 42.1 Å². The first-order valence-electron chi connectivity index (χ1n) is 29.6. The van der Waals surface area contributed by atoms with E-state index in [-0.39, 0.29) is 26.1 Å². The van der Waals surface area contributed by atoms with E-state index >= 15 is 0 Å². The van der Waals surface area contributed by atoms with Crippen molar-refractivity contribution in [2.45, 2.75) is 238 Å². The molecule has 0 bridgehead atoms. The Labute approximate surface area is 455 Å². The molecule has 0 aromatic carbocycles. The van der Waals surface area contributed by atoms with Gasteiger partial charge in [-0.2, -0.15) is 0 Å². The number of likely N-dealkylation sites (N-methyl/N-ethyl adjacent to an activating group) is 1. The first-order valence-corrected chi connectivity index (χ1v) is 31.1. The highest BCUT2D eigenvalue weighted by molar-refractivity contribution is 7.45. The minimum absolute atomic E-state index is 0.0450. The van der Waals surface area contributed by atoms with Crippen LogP contribution in [0.5, 0.6) is 0 Å². The maximum atomic E-state index is 12.8. The molecule has 0 aliphatic heterocycles. The molecule has 10 heteroatoms. The van der Waals surface area contributed by atoms with Gasteiger partial charge in [-0.25, -0.2) is 0 Å². The molecule has 2 atom stereocenters. The van der Waals surface area contributed by atoms with Gasteiger partial charge in [0.05, 0.1) is 27.7 Å². The second kappa shape index (κ2) is 54.5. The first kappa shape index (κ1) is 70.7. The van der Waals surface area contributed by atoms with E-state index in [4.69, 9.17) is 18.5 Å². The number of hydrogen-bond donors (Lipinski definition) is 0. The number of carbonyl (C=O) groups is 2. The van der Waals surface area contributed by atoms with E-state index in [0.717, 1.165) is 83.5 Å². The van der Waals surface area contributed by atoms with E-state index in [1.807, 2.05) is 21.1 Å². The Balaban J connectivity index is 4.21. The molecule has 74 heavy (non-hydrogen) atoms. The van der Waals surface area contributed by atoms with Crippen molar-refractivity contribution in [3.63, 3.8) is 0 Å². The highest BCUT2D eigenvalue weighted by Gasteiger charge is 2.21. The van der Waals surface area contributed by atoms with Gasteiger partial charge in [-0.3, -0.25) is 14.2 Å². The molecule has 0 aromatic rings. The van der Waals surface area contributed by atoms with E-state index in [2.05, 4.69) is 123 Å². The predicted octanol–water partition coefficient (Wildman–Crippen LogP) is 18.0. The molecule has 0 heterocycles. The van der Waals surface area contributed by atoms with Crippen LogP contribution in [-0.2, 0) is 32.7 Å². The molecule has 424 valence electrons. The zero-order valence-electron chi connectivity index (χ0n) is 48.0. The molecular weight excluding hydrogens is 942 g/mol. The Bertz CT molecular complexity index is 1620. The highest BCUT2D eigenvalue weighted by atomic mass is 31.2. The largest absolute Gasteiger partial charge is 0.756 e. The van der Waals surface area contributed by atoms with Gasteiger partial charge in [-0.1, -0.05) is 226 Å². The van der Waals surface area contributed by atoms with Crippen LogP contribution in [-0.4, -0.2) is 70.0 Å². The van der Waals surface area contributed by atoms with Crippen LogP contribution in [0.25, 0.3) is 0 Å². The van der Waals surface area contributed by atoms with Gasteiger partial charge < -0.3 is 27.9 Å². The standard InChI is InChI=1S/C64H110NO8P/c1-6-8-10-12-14-16-18-20-22-24-26-28-29-30-31-32-33-34-35-37-38-40-42-44-46-48-50-52-54-56-63(66)70-60-62(61-72-74(68,69)71-59-58-65(3,4)5)73-64(67)57-55-53-51-49-47-45-43-41-39-36-27-25-23-21-19-17-15-13-11-9-7-2/h9,11,15,17-18,20-21,23-24,26-27,29-30,36,41,43,47,49,62H,6-8,10,12-14,16,19,22,25,28,31-35,37-40,42,44-46,48,50-61H2,1-5H3/b11-9-,17-15-,20-18-,23-21-,26-24-,30-29-,36-27-,43-41-,49-47-. The average Bonchev–Trinajstić information content (AvgIpc) is 3.36. The smallest absolute Gasteiger partial charge is 0.306 e. The van der Waals surface area contributed by atoms with Crippen molar-refractivity contribution in [3.05, 3.63) is 109 Å². The van der Waals surface area contributed by atoms with Crippen molar-refractivity contribution in [3.8, 4) is 0 Å². The Kier molecular flexibility index (Phi) is 52.0. The molecule has 0 aromatic heterocycles. The van der Waals surface area contributed by atoms with E-state index in [9.17, 15) is 19.0 Å². The van der Waals surface area contributed by atoms with Crippen LogP contribution in [0.1, 0.15) is 232 Å². The van der Waals surface area contributed by atoms with Crippen molar-refractivity contribution in [2.24, 2.45) is 0 Å². The minimum Gasteiger partial charge on any atom is -0.756 e. The van der Waals surface area contributed by atoms with E-state index in [0.29, 0.717) is 17.4 Å². The van der Waals surface area contributed by atoms with Gasteiger partial charge in [-0.05, 0) is 103 Å². The van der Waals surface area contributed by atoms with E-state index in [1.165, 1.54) is 116 Å². The van der Waals surface area contributed by atoms with Crippen LogP contribution in [0.4, 0.5) is 0 Å². The molecular formula is C64H110NO8P. The lowest BCUT2D eigenvalue weighted by molar-refractivity contribution is -0.870. The third-order valence-corrected chi connectivity index (χ3v) is 13.2. The number of unbranched alkanes of at least 4 members (excludes halogenated alkanes) is 21. The van der Waals surface area contributed by atoms with Crippen LogP contribution in [0.15, 0.2) is 109 Å². The summed E-state index contributed by atoms with van der Waals surface area (Å²) < 4.78 is 34.1. The number of phosphoric acid groups is 1. The van der Waals surface area contributed by atoms with Gasteiger partial charge in [0.25, 0.3) is 7.82 Å². The summed E-state index contributed by atoms with van der Waals surface area (Å²) in [6, 6.07) is 0. The van der Waals surface area contributed by atoms with Gasteiger partial charge in [0.2, 0.25) is 0 Å². The normalized spacial score (nSPS) is 14.1. The van der Waals surface area contributed by atoms with Gasteiger partial charge in [0.1, 0.15) is 19.8 Å². The second-order valence-corrected chi connectivity index (χ2v) is 22.0. The maximum Gasteiger partial charge on any atom is 0.306 e. The molecule has 0 saturated carbocycles. The second-order valence-electron chi connectivity index (χ2n) is 20.6. The molecule has 9 nitrogen and oxygen atoms in total. The van der Waals surface area contributed by atoms with Gasteiger partial charge in [0.15, 0.2) is 6.10 Å². The minimum atomic E-state index is -4.66. The number of esters is 2. The Hall–Kier alpha value is -3.33. The molecule has 0 radical (unpaired) electrons. The highest BCUT2D eigenvalue weighted by Crippen LogP contribution is 2.38. The van der Waals surface area contributed by atoms with Gasteiger partial charge in [-0.15, -0.1) is 0 Å². The van der Waals surface area contributed by atoms with E-state index < -0.39 is 32.5 Å². The number of quaternary nitrogens is 1. The Morgan fingerprint density at radius 1 is 0.432 bits per heavy atom. The molecule has 0 fully saturated rings. The van der Waals surface area contributed by atoms with Crippen LogP contribution >= 0.6 is 7.82 Å². The fourth-order valence-electron chi connectivity index (χ4n) is 7.72. The van der Waals surface area contributed by atoms with E-state index in [1.54, 1.807) is 0 Å². The van der Waals surface area contributed by atoms with Gasteiger partial charge in [0, 0.05) is 12.8 Å². The third-order valence-electron chi connectivity index (χ3n) is 12.3. The third kappa shape index (κ3) is 57.9. The molecule has 0 N–H and O–H groups in total. The summed E-state index contributed by atoms with van der Waals surface area (Å²) in [6.07, 6.45) is 75.7. The Morgan fingerprint density at radius 3 is 1.18 bits per heavy atom. The predicted molar refractivity (Wildman–Crippen MR) is 314 cm³/mol. The van der Waals surface area contributed by atoms with Crippen molar-refractivity contribution in [1.82, 2.24) is 0 Å². The quantitative estimate of drug-likeness (QED) is 0.0195. The summed E-state index contributed by atoms with van der Waals surface area (Å²) in [5.41, 5.74) is 0. The monoisotopic (exact) mass is 1050 g/mol. The fourth-order valence-corrected chi connectivity index (χ4v) is 8.45. The maximum absolute atomic E-state index is 12.8. The van der Waals surface area contributed by atoms with Crippen molar-refractivity contribution >= 4 is 19.8 Å². The lowest BCUT2D eigenvalue weighted by Gasteiger charge is -2.28. The summed E-state index contributed by atoms with van der Waals surface area (Å²) in [7, 11) is 1.12. The van der Waals surface area contributed by atoms with Crippen LogP contribution in [0, 0.1) is 0 Å². The zero-order chi connectivity index (χ0) is 54.2. The molecule has 0 aliphatic carbocycles. The number of nitrogens with zero attached hydrogens (tertiary/aromatic N) is 1. The number of carbonyl (C=O) groups excluding carboxylic acids is 2. The summed E-state index contributed by atoms with van der Waals surface area (Å²) in [5, 5.41) is 0. The van der Waals surface area contributed by atoms with Crippen molar-refractivity contribution in [1.29, 1.82) is 0 Å². The van der Waals surface area contributed by atoms with Crippen LogP contribution in [0.3, 0.4) is 0 Å². The number of ether oxygens (including phenoxy) is 2. The molecule has 0 aliphatic rings. The lowest BCUT2D eigenvalue weighted by atomic mass is 10.0. The molecule has 0 rings (SSSR count). The SMILES string of the molecule is CC/C=C\C/C=C\C/C=C\C/C=C\C/C=C\C/C=C\CCCCC(=O)OC(COC(=O)CCCCCCCCCCCCCCCC/C=C\C/C=C\C/C=C\CCCCCCC)COP(=O)([O-])OCC[N+](C)(C)C. The molecule has 2 unspecified atom stereocenters. The first-order chi connectivity index (χ1) is 36.0. The topological polar surface area (TPSA) is 111 Å². The number of phosphoric ester groups is 1. The van der Waals surface area contributed by atoms with Crippen LogP contribution in [0.2, 0.25) is 0 Å². The Morgan fingerprint density at radius 2 is 0.770 bits per heavy atom. The summed E-state index contributed by atoms with van der Waals surface area (Å²) >= 11 is 0. The number of hydrogen-bond acceptors (Lipinski definition) is 8. The fraction of sp³-hybridized carbons (Fsp3) is 0.688. The molecule has 0 spiro atoms. The average molecular weight is 1050 g/mol. The number of rotatable bonds is 53. The summed E-state index contributed by atoms with van der Waals surface area (Å²) in [4.78, 5) is 37.9. The zero-order valence-corrected chi connectivity index (χ0v) is 48.9. The van der Waals surface area contributed by atoms with Gasteiger partial charge >= 0.3 is 11.9 Å².